The number of carbonyl (C=O) groups excluding carboxylic acids is 4. The molecule has 0 radical (unpaired) electrons. The first-order valence-electron chi connectivity index (χ1n) is 10.8. The van der Waals surface area contributed by atoms with Gasteiger partial charge < -0.3 is 20.2 Å². The normalized spacial score (nSPS) is 16.5. The van der Waals surface area contributed by atoms with E-state index in [1.54, 1.807) is 37.2 Å². The van der Waals surface area contributed by atoms with Crippen molar-refractivity contribution in [2.24, 2.45) is 5.84 Å². The van der Waals surface area contributed by atoms with Crippen LogP contribution in [-0.2, 0) is 30.5 Å². The van der Waals surface area contributed by atoms with Crippen LogP contribution < -0.4 is 16.6 Å². The zero-order valence-electron chi connectivity index (χ0n) is 19.6. The Morgan fingerprint density at radius 2 is 2.06 bits per heavy atom. The highest BCUT2D eigenvalue weighted by molar-refractivity contribution is 5.82. The number of aldehydes is 1. The maximum absolute atomic E-state index is 12.7. The van der Waals surface area contributed by atoms with Crippen molar-refractivity contribution in [2.75, 3.05) is 57.1 Å². The van der Waals surface area contributed by atoms with Gasteiger partial charge in [0.05, 0.1) is 31.1 Å². The van der Waals surface area contributed by atoms with Crippen LogP contribution >= 0.6 is 0 Å². The molecular weight excluding hydrogens is 442 g/mol. The van der Waals surface area contributed by atoms with E-state index in [-0.39, 0.29) is 38.7 Å². The predicted octanol–water partition coefficient (Wildman–Crippen LogP) is -0.828. The van der Waals surface area contributed by atoms with Crippen LogP contribution in [0.4, 0.5) is 11.4 Å². The molecule has 1 heterocycles. The molecule has 1 saturated heterocycles. The molecule has 4 N–H and O–H groups in total. The first kappa shape index (κ1) is 26.8. The average molecular weight is 476 g/mol. The second-order valence-electron chi connectivity index (χ2n) is 7.80. The number of esters is 1. The Hall–Kier alpha value is -3.48. The molecule has 1 aliphatic rings. The van der Waals surface area contributed by atoms with Crippen molar-refractivity contribution in [3.63, 3.8) is 0 Å². The Labute approximate surface area is 199 Å². The van der Waals surface area contributed by atoms with Crippen molar-refractivity contribution in [3.05, 3.63) is 36.4 Å². The van der Waals surface area contributed by atoms with Crippen LogP contribution in [0.3, 0.4) is 0 Å². The highest BCUT2D eigenvalue weighted by atomic mass is 16.5. The first-order valence-corrected chi connectivity index (χ1v) is 10.8. The lowest BCUT2D eigenvalue weighted by atomic mass is 10.1. The van der Waals surface area contributed by atoms with Gasteiger partial charge in [-0.1, -0.05) is 18.2 Å². The third-order valence-electron chi connectivity index (χ3n) is 5.31. The number of para-hydroxylation sites is 1. The van der Waals surface area contributed by atoms with Gasteiger partial charge in [0, 0.05) is 19.6 Å². The fourth-order valence-corrected chi connectivity index (χ4v) is 3.90. The lowest BCUT2D eigenvalue weighted by Crippen LogP contribution is -2.67. The summed E-state index contributed by atoms with van der Waals surface area (Å²) in [6.45, 7) is 6.14. The maximum Gasteiger partial charge on any atom is 0.327 e. The fraction of sp³-hybridized carbons (Fsp3) is 0.455. The molecule has 0 bridgehead atoms. The van der Waals surface area contributed by atoms with Gasteiger partial charge in [-0.25, -0.2) is 10.9 Å². The molecule has 1 aromatic carbocycles. The monoisotopic (exact) mass is 475 g/mol. The van der Waals surface area contributed by atoms with E-state index in [0.29, 0.717) is 37.2 Å². The van der Waals surface area contributed by atoms with E-state index in [9.17, 15) is 19.2 Å². The Balaban J connectivity index is 2.26. The number of rotatable bonds is 13. The summed E-state index contributed by atoms with van der Waals surface area (Å²) in [6, 6.07) is 5.27. The zero-order valence-corrected chi connectivity index (χ0v) is 19.6. The number of amides is 2. The number of nitrogens with two attached hydrogens (primary N) is 2. The number of nitrogens with zero attached hydrogens (tertiary/aromatic N) is 5. The Morgan fingerprint density at radius 3 is 2.68 bits per heavy atom. The number of anilines is 2. The van der Waals surface area contributed by atoms with E-state index in [4.69, 9.17) is 16.3 Å². The summed E-state index contributed by atoms with van der Waals surface area (Å²) in [5, 5.41) is 4.22. The molecule has 0 saturated carbocycles. The van der Waals surface area contributed by atoms with Gasteiger partial charge >= 0.3 is 5.97 Å². The number of hydrazine groups is 2. The summed E-state index contributed by atoms with van der Waals surface area (Å²) in [5.41, 5.74) is 7.76. The molecule has 1 aliphatic heterocycles. The summed E-state index contributed by atoms with van der Waals surface area (Å²) in [5.74, 6) is 5.38. The average Bonchev–Trinajstić information content (AvgIpc) is 2.76. The van der Waals surface area contributed by atoms with Gasteiger partial charge in [0.25, 0.3) is 0 Å². The topological polar surface area (TPSA) is 146 Å². The van der Waals surface area contributed by atoms with E-state index in [1.807, 2.05) is 11.0 Å². The molecule has 1 aromatic rings. The lowest BCUT2D eigenvalue weighted by molar-refractivity contribution is -0.181. The van der Waals surface area contributed by atoms with Crippen molar-refractivity contribution in [3.8, 4) is 0 Å². The Bertz CT molecular complexity index is 896. The standard InChI is InChI=1S/C22H33N7O5/c1-4-9-26-14-20(32)27(10-11-30)19(29(26)16-31)13-25(3)12-17-7-6-8-18(23)22(17)28(24)15-21(33)34-5-2/h4,6-8,11,16,19H,1,5,9-10,12-15,23-24H2,2-3H3/t19-/m0/s1. The highest BCUT2D eigenvalue weighted by Gasteiger charge is 2.38. The van der Waals surface area contributed by atoms with Crippen molar-refractivity contribution < 1.29 is 23.9 Å². The SMILES string of the molecule is C=CCN1CC(=O)N(CC=O)[C@H](CN(C)Cc2cccc(N)c2N(N)CC(=O)OCC)N1C=O. The minimum atomic E-state index is -0.702. The molecule has 0 spiro atoms. The predicted molar refractivity (Wildman–Crippen MR) is 127 cm³/mol. The van der Waals surface area contributed by atoms with Crippen LogP contribution in [-0.4, -0.2) is 96.9 Å². The number of hydrogen-bond acceptors (Lipinski definition) is 10. The Kier molecular flexibility index (Phi) is 9.98. The smallest absolute Gasteiger partial charge is 0.327 e. The van der Waals surface area contributed by atoms with Gasteiger partial charge in [0.2, 0.25) is 12.3 Å². The zero-order chi connectivity index (χ0) is 25.3. The summed E-state index contributed by atoms with van der Waals surface area (Å²) in [6.07, 6.45) is 2.17. The molecule has 12 nitrogen and oxygen atoms in total. The quantitative estimate of drug-likeness (QED) is 0.0926. The molecule has 0 aliphatic carbocycles. The third-order valence-corrected chi connectivity index (χ3v) is 5.31. The minimum Gasteiger partial charge on any atom is -0.465 e. The van der Waals surface area contributed by atoms with E-state index < -0.39 is 12.1 Å². The van der Waals surface area contributed by atoms with Crippen molar-refractivity contribution in [2.45, 2.75) is 19.6 Å². The molecule has 12 heteroatoms. The molecule has 2 rings (SSSR count). The molecule has 0 aromatic heterocycles. The third kappa shape index (κ3) is 6.53. The Morgan fingerprint density at radius 1 is 1.32 bits per heavy atom. The molecule has 0 unspecified atom stereocenters. The summed E-state index contributed by atoms with van der Waals surface area (Å²) in [4.78, 5) is 51.0. The van der Waals surface area contributed by atoms with Crippen LogP contribution in [0.15, 0.2) is 30.9 Å². The molecule has 186 valence electrons. The number of ether oxygens (including phenoxy) is 1. The van der Waals surface area contributed by atoms with E-state index in [0.717, 1.165) is 5.56 Å². The molecule has 1 atom stereocenters. The fourth-order valence-electron chi connectivity index (χ4n) is 3.90. The number of likely N-dealkylation sites (N-methyl/N-ethyl adjacent to an activating group) is 1. The molecular formula is C22H33N7O5. The number of carbonyl (C=O) groups is 4. The van der Waals surface area contributed by atoms with Crippen LogP contribution in [0, 0.1) is 0 Å². The van der Waals surface area contributed by atoms with Gasteiger partial charge in [-0.15, -0.1) is 6.58 Å². The van der Waals surface area contributed by atoms with E-state index in [1.165, 1.54) is 14.9 Å². The second kappa shape index (κ2) is 12.7. The summed E-state index contributed by atoms with van der Waals surface area (Å²) in [7, 11) is 1.80. The molecule has 1 fully saturated rings. The van der Waals surface area contributed by atoms with Crippen molar-refractivity contribution in [1.82, 2.24) is 19.8 Å². The van der Waals surface area contributed by atoms with Gasteiger partial charge in [0.1, 0.15) is 19.0 Å². The van der Waals surface area contributed by atoms with E-state index >= 15 is 0 Å². The van der Waals surface area contributed by atoms with Gasteiger partial charge in [-0.05, 0) is 25.6 Å². The number of hydrogen-bond donors (Lipinski definition) is 2. The van der Waals surface area contributed by atoms with Crippen molar-refractivity contribution >= 4 is 35.9 Å². The molecule has 34 heavy (non-hydrogen) atoms. The number of nitrogen functional groups attached to an aromatic ring is 1. The van der Waals surface area contributed by atoms with Crippen LogP contribution in [0.5, 0.6) is 0 Å². The van der Waals surface area contributed by atoms with E-state index in [2.05, 4.69) is 6.58 Å². The van der Waals surface area contributed by atoms with Gasteiger partial charge in [0.15, 0.2) is 0 Å². The lowest BCUT2D eigenvalue weighted by Gasteiger charge is -2.47. The number of benzene rings is 1. The minimum absolute atomic E-state index is 0.0336. The second-order valence-corrected chi connectivity index (χ2v) is 7.80. The first-order chi connectivity index (χ1) is 16.3. The van der Waals surface area contributed by atoms with Crippen molar-refractivity contribution in [1.29, 1.82) is 0 Å². The van der Waals surface area contributed by atoms with Crippen LogP contribution in [0.25, 0.3) is 0 Å². The summed E-state index contributed by atoms with van der Waals surface area (Å²) < 4.78 is 4.97. The molecule has 2 amide bonds. The highest BCUT2D eigenvalue weighted by Crippen LogP contribution is 2.27. The summed E-state index contributed by atoms with van der Waals surface area (Å²) >= 11 is 0. The van der Waals surface area contributed by atoms with Crippen LogP contribution in [0.2, 0.25) is 0 Å². The van der Waals surface area contributed by atoms with Gasteiger partial charge in [-0.2, -0.15) is 0 Å². The van der Waals surface area contributed by atoms with Crippen LogP contribution in [0.1, 0.15) is 12.5 Å². The van der Waals surface area contributed by atoms with Gasteiger partial charge in [-0.3, -0.25) is 29.3 Å². The largest absolute Gasteiger partial charge is 0.465 e. The maximum atomic E-state index is 12.7.